The van der Waals surface area contributed by atoms with Crippen LogP contribution < -0.4 is 10.1 Å². The highest BCUT2D eigenvalue weighted by Gasteiger charge is 2.12. The van der Waals surface area contributed by atoms with Crippen LogP contribution in [0.15, 0.2) is 77.2 Å². The molecule has 0 fully saturated rings. The molecule has 4 aromatic rings. The fraction of sp³-hybridized carbons (Fsp3) is 0.120. The molecule has 0 bridgehead atoms. The first-order valence-corrected chi connectivity index (χ1v) is 9.59. The molecule has 1 aromatic heterocycles. The third kappa shape index (κ3) is 4.10. The number of ether oxygens (including phenoxy) is 1. The van der Waals surface area contributed by atoms with E-state index in [0.29, 0.717) is 17.9 Å². The first-order chi connectivity index (χ1) is 14.5. The Morgan fingerprint density at radius 3 is 2.37 bits per heavy atom. The van der Waals surface area contributed by atoms with Gasteiger partial charge in [0, 0.05) is 17.7 Å². The molecule has 0 aliphatic rings. The summed E-state index contributed by atoms with van der Waals surface area (Å²) in [6.45, 7) is 1.92. The van der Waals surface area contributed by atoms with Gasteiger partial charge in [0.25, 0.3) is 5.91 Å². The van der Waals surface area contributed by atoms with Crippen LogP contribution in [0.4, 0.5) is 0 Å². The zero-order chi connectivity index (χ0) is 21.1. The van der Waals surface area contributed by atoms with E-state index in [1.54, 1.807) is 43.5 Å². The first-order valence-electron chi connectivity index (χ1n) is 9.59. The molecule has 0 unspecified atom stereocenters. The predicted octanol–water partition coefficient (Wildman–Crippen LogP) is 5.24. The summed E-state index contributed by atoms with van der Waals surface area (Å²) in [6.07, 6.45) is 0. The average molecular weight is 399 g/mol. The van der Waals surface area contributed by atoms with E-state index in [9.17, 15) is 9.59 Å². The van der Waals surface area contributed by atoms with Crippen molar-refractivity contribution in [3.8, 4) is 17.1 Å². The van der Waals surface area contributed by atoms with Crippen LogP contribution in [0.5, 0.6) is 5.75 Å². The number of ketones is 1. The molecule has 0 aliphatic heterocycles. The van der Waals surface area contributed by atoms with Gasteiger partial charge in [0.15, 0.2) is 11.5 Å². The molecule has 30 heavy (non-hydrogen) atoms. The van der Waals surface area contributed by atoms with Gasteiger partial charge in [-0.3, -0.25) is 9.59 Å². The molecule has 5 nitrogen and oxygen atoms in total. The van der Waals surface area contributed by atoms with Gasteiger partial charge >= 0.3 is 0 Å². The Balaban J connectivity index is 1.43. The minimum absolute atomic E-state index is 0.00823. The van der Waals surface area contributed by atoms with Crippen molar-refractivity contribution < 1.29 is 18.7 Å². The Bertz CT molecular complexity index is 1220. The zero-order valence-electron chi connectivity index (χ0n) is 16.8. The number of Topliss-reactive ketones (excluding diaryl/α,β-unsaturated/α-hetero) is 1. The second-order valence-electron chi connectivity index (χ2n) is 7.03. The average Bonchev–Trinajstić information content (AvgIpc) is 3.27. The van der Waals surface area contributed by atoms with Crippen LogP contribution in [0, 0.1) is 0 Å². The second-order valence-corrected chi connectivity index (χ2v) is 7.03. The standard InChI is InChI=1S/C25H21NO4/c1-16(27)18-5-7-19(8-6-18)23-11-12-24(30-23)25(28)26-15-17-3-4-21-14-22(29-2)10-9-20(21)13-17/h3-14H,15H2,1-2H3,(H,26,28). The van der Waals surface area contributed by atoms with Gasteiger partial charge in [-0.05, 0) is 53.6 Å². The molecule has 150 valence electrons. The van der Waals surface area contributed by atoms with Gasteiger partial charge in [-0.1, -0.05) is 42.5 Å². The van der Waals surface area contributed by atoms with Crippen molar-refractivity contribution in [3.05, 3.63) is 89.7 Å². The molecular formula is C25H21NO4. The highest BCUT2D eigenvalue weighted by atomic mass is 16.5. The van der Waals surface area contributed by atoms with Gasteiger partial charge in [0.1, 0.15) is 11.5 Å². The molecule has 0 saturated heterocycles. The third-order valence-electron chi connectivity index (χ3n) is 4.97. The molecule has 4 rings (SSSR count). The van der Waals surface area contributed by atoms with Crippen LogP contribution >= 0.6 is 0 Å². The zero-order valence-corrected chi connectivity index (χ0v) is 16.8. The quantitative estimate of drug-likeness (QED) is 0.450. The smallest absolute Gasteiger partial charge is 0.287 e. The van der Waals surface area contributed by atoms with Gasteiger partial charge in [-0.15, -0.1) is 0 Å². The number of rotatable bonds is 6. The number of nitrogens with one attached hydrogen (secondary N) is 1. The van der Waals surface area contributed by atoms with Crippen LogP contribution in [-0.4, -0.2) is 18.8 Å². The fourth-order valence-electron chi connectivity index (χ4n) is 3.26. The molecule has 0 atom stereocenters. The summed E-state index contributed by atoms with van der Waals surface area (Å²) in [4.78, 5) is 23.9. The number of amides is 1. The number of hydrogen-bond acceptors (Lipinski definition) is 4. The summed E-state index contributed by atoms with van der Waals surface area (Å²) in [7, 11) is 1.65. The van der Waals surface area contributed by atoms with E-state index >= 15 is 0 Å². The maximum Gasteiger partial charge on any atom is 0.287 e. The molecule has 0 spiro atoms. The number of benzene rings is 3. The van der Waals surface area contributed by atoms with Gasteiger partial charge in [0.2, 0.25) is 0 Å². The molecule has 3 aromatic carbocycles. The topological polar surface area (TPSA) is 68.5 Å². The third-order valence-corrected chi connectivity index (χ3v) is 4.97. The number of methoxy groups -OCH3 is 1. The van der Waals surface area contributed by atoms with E-state index in [4.69, 9.17) is 9.15 Å². The normalized spacial score (nSPS) is 10.7. The van der Waals surface area contributed by atoms with Crippen molar-refractivity contribution in [1.82, 2.24) is 5.32 Å². The molecule has 1 N–H and O–H groups in total. The molecule has 1 heterocycles. The summed E-state index contributed by atoms with van der Waals surface area (Å²) >= 11 is 0. The first kappa shape index (κ1) is 19.5. The molecule has 0 saturated carbocycles. The highest BCUT2D eigenvalue weighted by Crippen LogP contribution is 2.24. The van der Waals surface area contributed by atoms with Gasteiger partial charge in [-0.25, -0.2) is 0 Å². The summed E-state index contributed by atoms with van der Waals surface area (Å²) in [5.41, 5.74) is 2.44. The van der Waals surface area contributed by atoms with E-state index in [1.807, 2.05) is 36.4 Å². The number of carbonyl (C=O) groups is 2. The summed E-state index contributed by atoms with van der Waals surface area (Å²) in [6, 6.07) is 22.4. The fourth-order valence-corrected chi connectivity index (χ4v) is 3.26. The van der Waals surface area contributed by atoms with Crippen LogP contribution in [0.1, 0.15) is 33.4 Å². The predicted molar refractivity (Wildman–Crippen MR) is 116 cm³/mol. The maximum absolute atomic E-state index is 12.5. The number of furan rings is 1. The Morgan fingerprint density at radius 2 is 1.63 bits per heavy atom. The molecule has 1 amide bonds. The Morgan fingerprint density at radius 1 is 0.900 bits per heavy atom. The Labute approximate surface area is 174 Å². The van der Waals surface area contributed by atoms with Crippen LogP contribution in [-0.2, 0) is 6.54 Å². The largest absolute Gasteiger partial charge is 0.497 e. The molecule has 0 radical (unpaired) electrons. The van der Waals surface area contributed by atoms with E-state index in [2.05, 4.69) is 5.32 Å². The van der Waals surface area contributed by atoms with Crippen LogP contribution in [0.2, 0.25) is 0 Å². The minimum Gasteiger partial charge on any atom is -0.497 e. The summed E-state index contributed by atoms with van der Waals surface area (Å²) in [5.74, 6) is 1.36. The van der Waals surface area contributed by atoms with E-state index in [1.165, 1.54) is 6.92 Å². The lowest BCUT2D eigenvalue weighted by Gasteiger charge is -2.07. The van der Waals surface area contributed by atoms with Crippen molar-refractivity contribution in [3.63, 3.8) is 0 Å². The minimum atomic E-state index is -0.281. The SMILES string of the molecule is COc1ccc2cc(CNC(=O)c3ccc(-c4ccc(C(C)=O)cc4)o3)ccc2c1. The number of hydrogen-bond donors (Lipinski definition) is 1. The summed E-state index contributed by atoms with van der Waals surface area (Å²) in [5, 5.41) is 5.05. The highest BCUT2D eigenvalue weighted by molar-refractivity contribution is 5.94. The van der Waals surface area contributed by atoms with Crippen molar-refractivity contribution in [2.75, 3.05) is 7.11 Å². The maximum atomic E-state index is 12.5. The Hall–Kier alpha value is -3.86. The van der Waals surface area contributed by atoms with Crippen molar-refractivity contribution in [2.45, 2.75) is 13.5 Å². The van der Waals surface area contributed by atoms with Crippen molar-refractivity contribution in [1.29, 1.82) is 0 Å². The number of carbonyl (C=O) groups excluding carboxylic acids is 2. The number of fused-ring (bicyclic) bond motifs is 1. The molecule has 5 heteroatoms. The Kier molecular flexibility index (Phi) is 5.35. The van der Waals surface area contributed by atoms with Gasteiger partial charge in [0.05, 0.1) is 7.11 Å². The van der Waals surface area contributed by atoms with Crippen molar-refractivity contribution >= 4 is 22.5 Å². The lowest BCUT2D eigenvalue weighted by Crippen LogP contribution is -2.22. The van der Waals surface area contributed by atoms with Gasteiger partial charge < -0.3 is 14.5 Å². The van der Waals surface area contributed by atoms with Crippen LogP contribution in [0.25, 0.3) is 22.1 Å². The van der Waals surface area contributed by atoms with E-state index < -0.39 is 0 Å². The second kappa shape index (κ2) is 8.25. The molecular weight excluding hydrogens is 378 g/mol. The lowest BCUT2D eigenvalue weighted by molar-refractivity contribution is 0.0923. The molecule has 0 aliphatic carbocycles. The monoisotopic (exact) mass is 399 g/mol. The lowest BCUT2D eigenvalue weighted by atomic mass is 10.1. The van der Waals surface area contributed by atoms with Gasteiger partial charge in [-0.2, -0.15) is 0 Å². The van der Waals surface area contributed by atoms with Crippen molar-refractivity contribution in [2.24, 2.45) is 0 Å². The summed E-state index contributed by atoms with van der Waals surface area (Å²) < 4.78 is 11.0. The van der Waals surface area contributed by atoms with E-state index in [0.717, 1.165) is 27.6 Å². The van der Waals surface area contributed by atoms with E-state index in [-0.39, 0.29) is 17.5 Å². The van der Waals surface area contributed by atoms with Crippen LogP contribution in [0.3, 0.4) is 0 Å².